The third-order valence-corrected chi connectivity index (χ3v) is 2.20. The number of ether oxygens (including phenoxy) is 1. The first-order chi connectivity index (χ1) is 6.95. The molecule has 2 N–H and O–H groups in total. The molecular formula is C8H17NO5S. The summed E-state index contributed by atoms with van der Waals surface area (Å²) in [7, 11) is -3.25. The average Bonchev–Trinajstić information content (AvgIpc) is 2.08. The Hall–Kier alpha value is -0.660. The molecule has 0 rings (SSSR count). The molecule has 0 aromatic heterocycles. The van der Waals surface area contributed by atoms with Gasteiger partial charge in [0.15, 0.2) is 9.84 Å². The summed E-state index contributed by atoms with van der Waals surface area (Å²) in [6.45, 7) is 1.05. The SMILES string of the molecule is CS(=O)(=O)CC(=O)NCCCOCCO. The molecule has 0 atom stereocenters. The lowest BCUT2D eigenvalue weighted by Gasteiger charge is -2.04. The molecule has 0 bridgehead atoms. The van der Waals surface area contributed by atoms with Gasteiger partial charge in [0, 0.05) is 19.4 Å². The van der Waals surface area contributed by atoms with Crippen LogP contribution in [0.5, 0.6) is 0 Å². The number of sulfone groups is 1. The van der Waals surface area contributed by atoms with Crippen LogP contribution in [-0.2, 0) is 19.4 Å². The second-order valence-electron chi connectivity index (χ2n) is 3.11. The first-order valence-corrected chi connectivity index (χ1v) is 6.65. The normalized spacial score (nSPS) is 11.3. The van der Waals surface area contributed by atoms with Crippen LogP contribution in [0.2, 0.25) is 0 Å². The predicted molar refractivity (Wildman–Crippen MR) is 55.2 cm³/mol. The van der Waals surface area contributed by atoms with Gasteiger partial charge in [-0.15, -0.1) is 0 Å². The van der Waals surface area contributed by atoms with Crippen LogP contribution in [0.4, 0.5) is 0 Å². The molecule has 6 nitrogen and oxygen atoms in total. The molecule has 0 heterocycles. The first-order valence-electron chi connectivity index (χ1n) is 4.59. The van der Waals surface area contributed by atoms with E-state index in [0.717, 1.165) is 6.26 Å². The standard InChI is InChI=1S/C8H17NO5S/c1-15(12,13)7-8(11)9-3-2-5-14-6-4-10/h10H,2-7H2,1H3,(H,9,11). The van der Waals surface area contributed by atoms with Gasteiger partial charge in [0.1, 0.15) is 5.75 Å². The maximum atomic E-state index is 11.0. The highest BCUT2D eigenvalue weighted by molar-refractivity contribution is 7.91. The Balaban J connectivity index is 3.40. The van der Waals surface area contributed by atoms with Crippen LogP contribution in [0.1, 0.15) is 6.42 Å². The van der Waals surface area contributed by atoms with Crippen LogP contribution >= 0.6 is 0 Å². The number of aliphatic hydroxyl groups excluding tert-OH is 1. The van der Waals surface area contributed by atoms with Crippen molar-refractivity contribution < 1.29 is 23.1 Å². The van der Waals surface area contributed by atoms with Crippen molar-refractivity contribution in [2.45, 2.75) is 6.42 Å². The van der Waals surface area contributed by atoms with Crippen LogP contribution in [0.15, 0.2) is 0 Å². The van der Waals surface area contributed by atoms with E-state index in [4.69, 9.17) is 9.84 Å². The van der Waals surface area contributed by atoms with Gasteiger partial charge in [0.25, 0.3) is 0 Å². The number of amides is 1. The number of hydrogen-bond donors (Lipinski definition) is 2. The summed E-state index contributed by atoms with van der Waals surface area (Å²) in [5, 5.41) is 10.8. The smallest absolute Gasteiger partial charge is 0.235 e. The summed E-state index contributed by atoms with van der Waals surface area (Å²) < 4.78 is 26.4. The molecule has 0 aromatic rings. The Kier molecular flexibility index (Phi) is 7.27. The van der Waals surface area contributed by atoms with Crippen molar-refractivity contribution in [3.05, 3.63) is 0 Å². The molecule has 15 heavy (non-hydrogen) atoms. The van der Waals surface area contributed by atoms with Gasteiger partial charge in [-0.05, 0) is 6.42 Å². The van der Waals surface area contributed by atoms with E-state index >= 15 is 0 Å². The fraction of sp³-hybridized carbons (Fsp3) is 0.875. The molecule has 90 valence electrons. The minimum Gasteiger partial charge on any atom is -0.394 e. The molecule has 7 heteroatoms. The topological polar surface area (TPSA) is 92.7 Å². The van der Waals surface area contributed by atoms with Crippen molar-refractivity contribution in [2.75, 3.05) is 38.4 Å². The lowest BCUT2D eigenvalue weighted by Crippen LogP contribution is -2.31. The Bertz CT molecular complexity index is 275. The maximum absolute atomic E-state index is 11.0. The third-order valence-electron chi connectivity index (χ3n) is 1.42. The predicted octanol–water partition coefficient (Wildman–Crippen LogP) is -1.45. The van der Waals surface area contributed by atoms with Crippen LogP contribution in [0.3, 0.4) is 0 Å². The van der Waals surface area contributed by atoms with Crippen molar-refractivity contribution in [3.8, 4) is 0 Å². The lowest BCUT2D eigenvalue weighted by atomic mass is 10.4. The number of hydrogen-bond acceptors (Lipinski definition) is 5. The van der Waals surface area contributed by atoms with Crippen LogP contribution in [0, 0.1) is 0 Å². The van der Waals surface area contributed by atoms with Gasteiger partial charge in [0.05, 0.1) is 13.2 Å². The molecule has 0 aromatic carbocycles. The van der Waals surface area contributed by atoms with E-state index in [1.54, 1.807) is 0 Å². The second-order valence-corrected chi connectivity index (χ2v) is 5.25. The Morgan fingerprint density at radius 3 is 2.60 bits per heavy atom. The Morgan fingerprint density at radius 1 is 1.40 bits per heavy atom. The first kappa shape index (κ1) is 14.3. The van der Waals surface area contributed by atoms with Crippen molar-refractivity contribution in [3.63, 3.8) is 0 Å². The van der Waals surface area contributed by atoms with Gasteiger partial charge >= 0.3 is 0 Å². The summed E-state index contributed by atoms with van der Waals surface area (Å²) in [6.07, 6.45) is 1.60. The molecule has 0 fully saturated rings. The molecule has 0 unspecified atom stereocenters. The zero-order valence-electron chi connectivity index (χ0n) is 8.73. The zero-order valence-corrected chi connectivity index (χ0v) is 9.55. The van der Waals surface area contributed by atoms with Crippen LogP contribution < -0.4 is 5.32 Å². The molecule has 0 radical (unpaired) electrons. The average molecular weight is 239 g/mol. The molecule has 0 spiro atoms. The van der Waals surface area contributed by atoms with Crippen molar-refractivity contribution in [1.29, 1.82) is 0 Å². The van der Waals surface area contributed by atoms with Crippen molar-refractivity contribution >= 4 is 15.7 Å². The highest BCUT2D eigenvalue weighted by Gasteiger charge is 2.09. The van der Waals surface area contributed by atoms with Crippen molar-refractivity contribution in [1.82, 2.24) is 5.32 Å². The summed E-state index contributed by atoms with van der Waals surface area (Å²) in [6, 6.07) is 0. The summed E-state index contributed by atoms with van der Waals surface area (Å²) in [4.78, 5) is 11.0. The van der Waals surface area contributed by atoms with Crippen LogP contribution in [0.25, 0.3) is 0 Å². The zero-order chi connectivity index (χ0) is 11.7. The van der Waals surface area contributed by atoms with E-state index in [9.17, 15) is 13.2 Å². The number of carbonyl (C=O) groups excluding carboxylic acids is 1. The van der Waals surface area contributed by atoms with Gasteiger partial charge in [0.2, 0.25) is 5.91 Å². The monoisotopic (exact) mass is 239 g/mol. The van der Waals surface area contributed by atoms with Gasteiger partial charge in [-0.25, -0.2) is 8.42 Å². The Morgan fingerprint density at radius 2 is 2.07 bits per heavy atom. The molecule has 0 saturated carbocycles. The highest BCUT2D eigenvalue weighted by atomic mass is 32.2. The summed E-state index contributed by atoms with van der Waals surface area (Å²) in [5.74, 6) is -0.982. The number of rotatable bonds is 8. The summed E-state index contributed by atoms with van der Waals surface area (Å²) >= 11 is 0. The molecular weight excluding hydrogens is 222 g/mol. The highest BCUT2D eigenvalue weighted by Crippen LogP contribution is 1.84. The molecule has 0 aliphatic carbocycles. The molecule has 1 amide bonds. The number of nitrogens with one attached hydrogen (secondary N) is 1. The van der Waals surface area contributed by atoms with Gasteiger partial charge in [-0.1, -0.05) is 0 Å². The summed E-state index contributed by atoms with van der Waals surface area (Å²) in [5.41, 5.74) is 0. The van der Waals surface area contributed by atoms with Gasteiger partial charge in [-0.3, -0.25) is 4.79 Å². The maximum Gasteiger partial charge on any atom is 0.235 e. The van der Waals surface area contributed by atoms with Crippen molar-refractivity contribution in [2.24, 2.45) is 0 Å². The Labute approximate surface area is 89.5 Å². The number of carbonyl (C=O) groups is 1. The quantitative estimate of drug-likeness (QED) is 0.505. The van der Waals surface area contributed by atoms with E-state index in [-0.39, 0.29) is 13.2 Å². The second kappa shape index (κ2) is 7.61. The molecule has 0 aliphatic rings. The van der Waals surface area contributed by atoms with E-state index < -0.39 is 21.5 Å². The van der Waals surface area contributed by atoms with E-state index in [1.807, 2.05) is 0 Å². The lowest BCUT2D eigenvalue weighted by molar-refractivity contribution is -0.118. The largest absolute Gasteiger partial charge is 0.394 e. The van der Waals surface area contributed by atoms with Gasteiger partial charge < -0.3 is 15.2 Å². The third kappa shape index (κ3) is 11.3. The van der Waals surface area contributed by atoms with Crippen LogP contribution in [-0.4, -0.2) is 57.8 Å². The number of aliphatic hydroxyl groups is 1. The minimum absolute atomic E-state index is 0.0273. The van der Waals surface area contributed by atoms with Gasteiger partial charge in [-0.2, -0.15) is 0 Å². The fourth-order valence-corrected chi connectivity index (χ4v) is 1.44. The van der Waals surface area contributed by atoms with E-state index in [0.29, 0.717) is 19.6 Å². The van der Waals surface area contributed by atoms with E-state index in [1.165, 1.54) is 0 Å². The minimum atomic E-state index is -3.25. The van der Waals surface area contributed by atoms with E-state index in [2.05, 4.69) is 5.32 Å². The molecule has 0 aliphatic heterocycles. The fourth-order valence-electron chi connectivity index (χ4n) is 0.858. The molecule has 0 saturated heterocycles.